The van der Waals surface area contributed by atoms with Crippen LogP contribution in [0, 0.1) is 6.92 Å². The Morgan fingerprint density at radius 2 is 1.85 bits per heavy atom. The highest BCUT2D eigenvalue weighted by Gasteiger charge is 2.15. The lowest BCUT2D eigenvalue weighted by molar-refractivity contribution is 0.312. The minimum atomic E-state index is 0.694. The SMILES string of the molecule is Cc1cc(Nc2ccc(N3CCN(C)CC3)nc2)nc2cc(Cl)ccc12. The van der Waals surface area contributed by atoms with Gasteiger partial charge in [-0.1, -0.05) is 17.7 Å². The lowest BCUT2D eigenvalue weighted by Gasteiger charge is -2.33. The topological polar surface area (TPSA) is 44.3 Å². The normalized spacial score (nSPS) is 15.4. The molecule has 0 atom stereocenters. The lowest BCUT2D eigenvalue weighted by Crippen LogP contribution is -2.44. The number of nitrogens with one attached hydrogen (secondary N) is 1. The third kappa shape index (κ3) is 3.59. The summed E-state index contributed by atoms with van der Waals surface area (Å²) in [6.45, 7) is 6.26. The third-order valence-electron chi connectivity index (χ3n) is 4.83. The van der Waals surface area contributed by atoms with E-state index < -0.39 is 0 Å². The fraction of sp³-hybridized carbons (Fsp3) is 0.300. The molecule has 1 saturated heterocycles. The second kappa shape index (κ2) is 7.09. The maximum absolute atomic E-state index is 6.11. The molecular formula is C20H22ClN5. The zero-order valence-electron chi connectivity index (χ0n) is 15.0. The number of aryl methyl sites for hydroxylation is 1. The molecule has 2 aromatic heterocycles. The van der Waals surface area contributed by atoms with Crippen molar-refractivity contribution in [2.24, 2.45) is 0 Å². The van der Waals surface area contributed by atoms with Crippen LogP contribution in [0.4, 0.5) is 17.3 Å². The predicted molar refractivity (Wildman–Crippen MR) is 109 cm³/mol. The van der Waals surface area contributed by atoms with E-state index in [0.717, 1.165) is 60.0 Å². The summed E-state index contributed by atoms with van der Waals surface area (Å²) < 4.78 is 0. The van der Waals surface area contributed by atoms with Gasteiger partial charge in [-0.2, -0.15) is 0 Å². The van der Waals surface area contributed by atoms with Crippen LogP contribution in [0.25, 0.3) is 10.9 Å². The molecule has 0 unspecified atom stereocenters. The first-order valence-electron chi connectivity index (χ1n) is 8.82. The maximum atomic E-state index is 6.11. The van der Waals surface area contributed by atoms with E-state index in [-0.39, 0.29) is 0 Å². The number of fused-ring (bicyclic) bond motifs is 1. The van der Waals surface area contributed by atoms with Crippen molar-refractivity contribution in [2.75, 3.05) is 43.4 Å². The summed E-state index contributed by atoms with van der Waals surface area (Å²) in [7, 11) is 2.16. The Hall–Kier alpha value is -2.37. The molecular weight excluding hydrogens is 346 g/mol. The number of rotatable bonds is 3. The highest BCUT2D eigenvalue weighted by atomic mass is 35.5. The summed E-state index contributed by atoms with van der Waals surface area (Å²) in [4.78, 5) is 14.0. The molecule has 0 radical (unpaired) electrons. The van der Waals surface area contributed by atoms with Crippen LogP contribution in [-0.2, 0) is 0 Å². The number of pyridine rings is 2. The van der Waals surface area contributed by atoms with Gasteiger partial charge in [0.1, 0.15) is 11.6 Å². The molecule has 0 bridgehead atoms. The minimum Gasteiger partial charge on any atom is -0.354 e. The molecule has 3 aromatic rings. The number of hydrogen-bond donors (Lipinski definition) is 1. The molecule has 3 heterocycles. The van der Waals surface area contributed by atoms with Gasteiger partial charge < -0.3 is 15.1 Å². The Bertz CT molecular complexity index is 917. The second-order valence-electron chi connectivity index (χ2n) is 6.81. The molecule has 1 aromatic carbocycles. The summed E-state index contributed by atoms with van der Waals surface area (Å²) in [5.74, 6) is 1.82. The lowest BCUT2D eigenvalue weighted by atomic mass is 10.1. The van der Waals surface area contributed by atoms with E-state index in [1.54, 1.807) is 0 Å². The molecule has 134 valence electrons. The van der Waals surface area contributed by atoms with Gasteiger partial charge in [0.15, 0.2) is 0 Å². The zero-order valence-corrected chi connectivity index (χ0v) is 15.8. The van der Waals surface area contributed by atoms with Gasteiger partial charge in [0.2, 0.25) is 0 Å². The largest absolute Gasteiger partial charge is 0.354 e. The van der Waals surface area contributed by atoms with Crippen LogP contribution < -0.4 is 10.2 Å². The van der Waals surface area contributed by atoms with Gasteiger partial charge in [0, 0.05) is 36.6 Å². The Kier molecular flexibility index (Phi) is 4.66. The van der Waals surface area contributed by atoms with Gasteiger partial charge in [-0.05, 0) is 49.9 Å². The average Bonchev–Trinajstić information content (AvgIpc) is 2.63. The molecule has 4 rings (SSSR count). The zero-order chi connectivity index (χ0) is 18.1. The number of benzene rings is 1. The Morgan fingerprint density at radius 1 is 1.04 bits per heavy atom. The number of nitrogens with zero attached hydrogens (tertiary/aromatic N) is 4. The van der Waals surface area contributed by atoms with Crippen molar-refractivity contribution < 1.29 is 0 Å². The molecule has 26 heavy (non-hydrogen) atoms. The van der Waals surface area contributed by atoms with E-state index >= 15 is 0 Å². The monoisotopic (exact) mass is 367 g/mol. The van der Waals surface area contributed by atoms with Gasteiger partial charge >= 0.3 is 0 Å². The molecule has 0 saturated carbocycles. The molecule has 1 fully saturated rings. The molecule has 5 nitrogen and oxygen atoms in total. The molecule has 1 aliphatic heterocycles. The van der Waals surface area contributed by atoms with E-state index in [1.165, 1.54) is 0 Å². The summed E-state index contributed by atoms with van der Waals surface area (Å²) >= 11 is 6.11. The van der Waals surface area contributed by atoms with Crippen LogP contribution in [-0.4, -0.2) is 48.1 Å². The highest BCUT2D eigenvalue weighted by molar-refractivity contribution is 6.31. The second-order valence-corrected chi connectivity index (χ2v) is 7.24. The number of aromatic nitrogens is 2. The standard InChI is InChI=1S/C20H22ClN5/c1-14-11-19(24-18-12-15(21)3-5-17(14)18)23-16-4-6-20(22-13-16)26-9-7-25(2)8-10-26/h3-6,11-13H,7-10H2,1-2H3,(H,23,24). The van der Waals surface area contributed by atoms with Crippen LogP contribution in [0.2, 0.25) is 5.02 Å². The first kappa shape index (κ1) is 17.1. The molecule has 6 heteroatoms. The summed E-state index contributed by atoms with van der Waals surface area (Å²) in [6, 6.07) is 12.0. The quantitative estimate of drug-likeness (QED) is 0.755. The van der Waals surface area contributed by atoms with Crippen LogP contribution >= 0.6 is 11.6 Å². The first-order valence-corrected chi connectivity index (χ1v) is 9.20. The van der Waals surface area contributed by atoms with E-state index in [9.17, 15) is 0 Å². The van der Waals surface area contributed by atoms with Gasteiger partial charge in [0.05, 0.1) is 17.4 Å². The number of anilines is 3. The maximum Gasteiger partial charge on any atom is 0.131 e. The van der Waals surface area contributed by atoms with Crippen molar-refractivity contribution in [3.05, 3.63) is 53.2 Å². The van der Waals surface area contributed by atoms with Gasteiger partial charge in [-0.3, -0.25) is 0 Å². The Morgan fingerprint density at radius 3 is 2.58 bits per heavy atom. The van der Waals surface area contributed by atoms with Crippen molar-refractivity contribution >= 4 is 39.8 Å². The third-order valence-corrected chi connectivity index (χ3v) is 5.06. The van der Waals surface area contributed by atoms with Crippen LogP contribution in [0.3, 0.4) is 0 Å². The van der Waals surface area contributed by atoms with E-state index in [4.69, 9.17) is 11.6 Å². The first-order chi connectivity index (χ1) is 12.6. The number of piperazine rings is 1. The van der Waals surface area contributed by atoms with Crippen LogP contribution in [0.5, 0.6) is 0 Å². The van der Waals surface area contributed by atoms with Crippen LogP contribution in [0.15, 0.2) is 42.6 Å². The number of halogens is 1. The van der Waals surface area contributed by atoms with Crippen molar-refractivity contribution in [3.8, 4) is 0 Å². The summed E-state index contributed by atoms with van der Waals surface area (Å²) in [6.07, 6.45) is 1.87. The van der Waals surface area contributed by atoms with Gasteiger partial charge in [-0.15, -0.1) is 0 Å². The Labute approximate surface area is 158 Å². The van der Waals surface area contributed by atoms with Gasteiger partial charge in [-0.25, -0.2) is 9.97 Å². The van der Waals surface area contributed by atoms with Crippen molar-refractivity contribution in [3.63, 3.8) is 0 Å². The number of likely N-dealkylation sites (N-methyl/N-ethyl adjacent to an activating group) is 1. The van der Waals surface area contributed by atoms with Crippen molar-refractivity contribution in [1.82, 2.24) is 14.9 Å². The van der Waals surface area contributed by atoms with Crippen molar-refractivity contribution in [2.45, 2.75) is 6.92 Å². The summed E-state index contributed by atoms with van der Waals surface area (Å²) in [5.41, 5.74) is 2.98. The fourth-order valence-corrected chi connectivity index (χ4v) is 3.44. The fourth-order valence-electron chi connectivity index (χ4n) is 3.27. The molecule has 1 N–H and O–H groups in total. The molecule has 0 amide bonds. The predicted octanol–water partition coefficient (Wildman–Crippen LogP) is 4.09. The molecule has 0 aliphatic carbocycles. The summed E-state index contributed by atoms with van der Waals surface area (Å²) in [5, 5.41) is 5.16. The molecule has 0 spiro atoms. The van der Waals surface area contributed by atoms with E-state index in [1.807, 2.05) is 30.5 Å². The Balaban J connectivity index is 1.53. The smallest absolute Gasteiger partial charge is 0.131 e. The molecule has 1 aliphatic rings. The van der Waals surface area contributed by atoms with Crippen molar-refractivity contribution in [1.29, 1.82) is 0 Å². The highest BCUT2D eigenvalue weighted by Crippen LogP contribution is 2.25. The van der Waals surface area contributed by atoms with E-state index in [2.05, 4.69) is 51.2 Å². The van der Waals surface area contributed by atoms with Crippen LogP contribution in [0.1, 0.15) is 5.56 Å². The average molecular weight is 368 g/mol. The minimum absolute atomic E-state index is 0.694. The number of hydrogen-bond acceptors (Lipinski definition) is 5. The van der Waals surface area contributed by atoms with Gasteiger partial charge in [0.25, 0.3) is 0 Å². The van der Waals surface area contributed by atoms with E-state index in [0.29, 0.717) is 5.02 Å².